The molecule has 1 aliphatic carbocycles. The first-order valence-electron chi connectivity index (χ1n) is 4.90. The second-order valence-electron chi connectivity index (χ2n) is 4.41. The first-order valence-corrected chi connectivity index (χ1v) is 4.90. The van der Waals surface area contributed by atoms with Gasteiger partial charge in [-0.05, 0) is 55.9 Å². The minimum Gasteiger partial charge on any atom is -0.321 e. The molecule has 0 spiro atoms. The van der Waals surface area contributed by atoms with E-state index in [-0.39, 0.29) is 5.54 Å². The maximum absolute atomic E-state index is 6.19. The molecule has 13 heavy (non-hydrogen) atoms. The summed E-state index contributed by atoms with van der Waals surface area (Å²) in [5.41, 5.74) is 11.6. The molecule has 1 saturated carbocycles. The predicted octanol–water partition coefficient (Wildman–Crippen LogP) is 2.56. The van der Waals surface area contributed by atoms with Gasteiger partial charge >= 0.3 is 0 Å². The molecular formula is C12H17N. The summed E-state index contributed by atoms with van der Waals surface area (Å²) in [5, 5.41) is 0. The topological polar surface area (TPSA) is 26.0 Å². The second-order valence-corrected chi connectivity index (χ2v) is 4.41. The van der Waals surface area contributed by atoms with Crippen molar-refractivity contribution in [3.05, 3.63) is 34.4 Å². The molecule has 0 heterocycles. The molecule has 1 aromatic rings. The van der Waals surface area contributed by atoms with E-state index in [2.05, 4.69) is 32.9 Å². The van der Waals surface area contributed by atoms with Crippen LogP contribution in [0.5, 0.6) is 0 Å². The van der Waals surface area contributed by atoms with Gasteiger partial charge in [0.25, 0.3) is 0 Å². The van der Waals surface area contributed by atoms with Crippen molar-refractivity contribution in [2.45, 2.75) is 39.2 Å². The fraction of sp³-hybridized carbons (Fsp3) is 0.500. The van der Waals surface area contributed by atoms with Crippen molar-refractivity contribution in [1.82, 2.24) is 0 Å². The number of hydrogen-bond donors (Lipinski definition) is 1. The van der Waals surface area contributed by atoms with Crippen molar-refractivity contribution in [1.29, 1.82) is 0 Å². The van der Waals surface area contributed by atoms with Gasteiger partial charge in [-0.15, -0.1) is 0 Å². The van der Waals surface area contributed by atoms with Gasteiger partial charge in [0.2, 0.25) is 0 Å². The zero-order valence-electron chi connectivity index (χ0n) is 8.65. The van der Waals surface area contributed by atoms with Crippen molar-refractivity contribution < 1.29 is 0 Å². The summed E-state index contributed by atoms with van der Waals surface area (Å²) < 4.78 is 0. The Kier molecular flexibility index (Phi) is 1.74. The summed E-state index contributed by atoms with van der Waals surface area (Å²) in [6.07, 6.45) is 2.30. The predicted molar refractivity (Wildman–Crippen MR) is 55.8 cm³/mol. The molecule has 0 saturated heterocycles. The smallest absolute Gasteiger partial charge is 0.0414 e. The highest BCUT2D eigenvalue weighted by Gasteiger charge is 2.40. The van der Waals surface area contributed by atoms with Gasteiger partial charge in [-0.1, -0.05) is 12.1 Å². The number of hydrogen-bond acceptors (Lipinski definition) is 1. The van der Waals surface area contributed by atoms with Crippen LogP contribution in [0.2, 0.25) is 0 Å². The van der Waals surface area contributed by atoms with Crippen molar-refractivity contribution in [2.75, 3.05) is 0 Å². The molecule has 0 atom stereocenters. The van der Waals surface area contributed by atoms with Gasteiger partial charge in [-0.3, -0.25) is 0 Å². The van der Waals surface area contributed by atoms with Crippen LogP contribution in [0, 0.1) is 20.8 Å². The summed E-state index contributed by atoms with van der Waals surface area (Å²) in [6.45, 7) is 6.47. The maximum atomic E-state index is 6.19. The third kappa shape index (κ3) is 1.37. The molecule has 0 aliphatic heterocycles. The van der Waals surface area contributed by atoms with Crippen LogP contribution in [0.4, 0.5) is 0 Å². The minimum absolute atomic E-state index is 0.0164. The highest BCUT2D eigenvalue weighted by molar-refractivity contribution is 5.42. The lowest BCUT2D eigenvalue weighted by atomic mass is 9.95. The van der Waals surface area contributed by atoms with Crippen LogP contribution >= 0.6 is 0 Å². The molecule has 0 bridgehead atoms. The zero-order valence-corrected chi connectivity index (χ0v) is 8.65. The molecule has 0 aromatic heterocycles. The lowest BCUT2D eigenvalue weighted by Gasteiger charge is -2.15. The standard InChI is InChI=1S/C12H17N/c1-8-6-10(3)11(7-9(8)2)12(13)4-5-12/h6-7H,4-5,13H2,1-3H3. The van der Waals surface area contributed by atoms with E-state index < -0.39 is 0 Å². The van der Waals surface area contributed by atoms with E-state index >= 15 is 0 Å². The molecular weight excluding hydrogens is 158 g/mol. The van der Waals surface area contributed by atoms with Crippen LogP contribution in [0.15, 0.2) is 12.1 Å². The normalized spacial score (nSPS) is 18.8. The lowest BCUT2D eigenvalue weighted by molar-refractivity contribution is 0.731. The first kappa shape index (κ1) is 8.76. The average Bonchev–Trinajstić information content (AvgIpc) is 2.77. The van der Waals surface area contributed by atoms with Crippen LogP contribution in [0.1, 0.15) is 35.1 Å². The quantitative estimate of drug-likeness (QED) is 0.697. The van der Waals surface area contributed by atoms with Gasteiger partial charge in [0.05, 0.1) is 0 Å². The summed E-state index contributed by atoms with van der Waals surface area (Å²) >= 11 is 0. The number of benzene rings is 1. The molecule has 2 N–H and O–H groups in total. The van der Waals surface area contributed by atoms with E-state index in [4.69, 9.17) is 5.73 Å². The third-order valence-corrected chi connectivity index (χ3v) is 3.17. The third-order valence-electron chi connectivity index (χ3n) is 3.17. The van der Waals surface area contributed by atoms with Gasteiger partial charge in [-0.25, -0.2) is 0 Å². The largest absolute Gasteiger partial charge is 0.321 e. The fourth-order valence-corrected chi connectivity index (χ4v) is 1.90. The van der Waals surface area contributed by atoms with E-state index in [1.54, 1.807) is 0 Å². The molecule has 0 amide bonds. The van der Waals surface area contributed by atoms with Crippen molar-refractivity contribution in [3.8, 4) is 0 Å². The van der Waals surface area contributed by atoms with Crippen molar-refractivity contribution in [2.24, 2.45) is 5.73 Å². The van der Waals surface area contributed by atoms with E-state index in [9.17, 15) is 0 Å². The Bertz CT molecular complexity index is 348. The Balaban J connectivity index is 2.52. The van der Waals surface area contributed by atoms with Crippen LogP contribution in [-0.4, -0.2) is 0 Å². The Morgan fingerprint density at radius 2 is 1.54 bits per heavy atom. The van der Waals surface area contributed by atoms with Crippen LogP contribution in [0.25, 0.3) is 0 Å². The number of nitrogens with two attached hydrogens (primary N) is 1. The number of rotatable bonds is 1. The molecule has 1 aliphatic rings. The second kappa shape index (κ2) is 2.58. The Morgan fingerprint density at radius 3 is 2.08 bits per heavy atom. The summed E-state index contributed by atoms with van der Waals surface area (Å²) in [7, 11) is 0. The molecule has 70 valence electrons. The van der Waals surface area contributed by atoms with E-state index in [1.165, 1.54) is 22.3 Å². The Morgan fingerprint density at radius 1 is 1.00 bits per heavy atom. The van der Waals surface area contributed by atoms with Gasteiger partial charge in [0.1, 0.15) is 0 Å². The maximum Gasteiger partial charge on any atom is 0.0414 e. The monoisotopic (exact) mass is 175 g/mol. The van der Waals surface area contributed by atoms with Gasteiger partial charge in [0, 0.05) is 5.54 Å². The molecule has 1 nitrogen and oxygen atoms in total. The molecule has 2 rings (SSSR count). The van der Waals surface area contributed by atoms with Gasteiger partial charge in [0.15, 0.2) is 0 Å². The highest BCUT2D eigenvalue weighted by Crippen LogP contribution is 2.44. The molecule has 1 aromatic carbocycles. The highest BCUT2D eigenvalue weighted by atomic mass is 14.8. The van der Waals surface area contributed by atoms with E-state index in [0.29, 0.717) is 0 Å². The van der Waals surface area contributed by atoms with Crippen LogP contribution in [0.3, 0.4) is 0 Å². The molecule has 0 radical (unpaired) electrons. The molecule has 0 unspecified atom stereocenters. The van der Waals surface area contributed by atoms with E-state index in [0.717, 1.165) is 12.8 Å². The lowest BCUT2D eigenvalue weighted by Crippen LogP contribution is -2.20. The van der Waals surface area contributed by atoms with Gasteiger partial charge < -0.3 is 5.73 Å². The molecule has 1 heteroatoms. The Labute approximate surface area is 80.0 Å². The summed E-state index contributed by atoms with van der Waals surface area (Å²) in [5.74, 6) is 0. The number of aryl methyl sites for hydroxylation is 3. The van der Waals surface area contributed by atoms with Gasteiger partial charge in [-0.2, -0.15) is 0 Å². The minimum atomic E-state index is 0.0164. The Hall–Kier alpha value is -0.820. The summed E-state index contributed by atoms with van der Waals surface area (Å²) in [4.78, 5) is 0. The first-order chi connectivity index (χ1) is 6.03. The van der Waals surface area contributed by atoms with Crippen LogP contribution in [-0.2, 0) is 5.54 Å². The SMILES string of the molecule is Cc1cc(C)c(C2(N)CC2)cc1C. The van der Waals surface area contributed by atoms with Crippen LogP contribution < -0.4 is 5.73 Å². The molecule has 1 fully saturated rings. The summed E-state index contributed by atoms with van der Waals surface area (Å²) in [6, 6.07) is 4.51. The fourth-order valence-electron chi connectivity index (χ4n) is 1.90. The zero-order chi connectivity index (χ0) is 9.64. The average molecular weight is 175 g/mol. The van der Waals surface area contributed by atoms with Crippen molar-refractivity contribution in [3.63, 3.8) is 0 Å². The van der Waals surface area contributed by atoms with E-state index in [1.807, 2.05) is 0 Å². The van der Waals surface area contributed by atoms with Crippen molar-refractivity contribution >= 4 is 0 Å².